The van der Waals surface area contributed by atoms with E-state index in [1.165, 1.54) is 12.1 Å². The van der Waals surface area contributed by atoms with Gasteiger partial charge in [-0.25, -0.2) is 4.79 Å². The Labute approximate surface area is 222 Å². The summed E-state index contributed by atoms with van der Waals surface area (Å²) in [5.74, 6) is 0.334. The van der Waals surface area contributed by atoms with Crippen LogP contribution in [0.2, 0.25) is 0 Å². The third-order valence-electron chi connectivity index (χ3n) is 6.43. The summed E-state index contributed by atoms with van der Waals surface area (Å²) < 4.78 is 50.6. The van der Waals surface area contributed by atoms with Gasteiger partial charge >= 0.3 is 12.1 Å². The number of rotatable bonds is 5. The lowest BCUT2D eigenvalue weighted by atomic mass is 9.93. The first-order valence-corrected chi connectivity index (χ1v) is 12.2. The predicted molar refractivity (Wildman–Crippen MR) is 140 cm³/mol. The van der Waals surface area contributed by atoms with Crippen LogP contribution in [0.1, 0.15) is 51.4 Å². The zero-order valence-corrected chi connectivity index (χ0v) is 20.8. The van der Waals surface area contributed by atoms with Gasteiger partial charge in [0.2, 0.25) is 5.76 Å². The molecular formula is C30H22F3N3O3. The van der Waals surface area contributed by atoms with Crippen molar-refractivity contribution >= 4 is 17.4 Å². The number of nitrogens with zero attached hydrogens (tertiary/aromatic N) is 2. The van der Waals surface area contributed by atoms with Gasteiger partial charge in [0.15, 0.2) is 0 Å². The van der Waals surface area contributed by atoms with Crippen molar-refractivity contribution in [3.63, 3.8) is 0 Å². The Hall–Kier alpha value is -4.84. The van der Waals surface area contributed by atoms with Gasteiger partial charge in [-0.2, -0.15) is 23.5 Å². The molecular weight excluding hydrogens is 507 g/mol. The SMILES string of the molecule is Cc1c(C(=O)Oc2ccc(-c3ccc(C#N)cc3)cc2)oc2c1/C(=N/Nc1cccc(C(F)(F)F)c1)CCC2. The molecule has 3 aromatic carbocycles. The Morgan fingerprint density at radius 3 is 2.38 bits per heavy atom. The zero-order chi connectivity index (χ0) is 27.6. The molecule has 0 saturated heterocycles. The second-order valence-corrected chi connectivity index (χ2v) is 9.06. The van der Waals surface area contributed by atoms with Gasteiger partial charge in [-0.3, -0.25) is 5.43 Å². The largest absolute Gasteiger partial charge is 0.453 e. The van der Waals surface area contributed by atoms with Crippen molar-refractivity contribution in [3.05, 3.63) is 107 Å². The summed E-state index contributed by atoms with van der Waals surface area (Å²) >= 11 is 0. The van der Waals surface area contributed by atoms with Crippen LogP contribution in [-0.4, -0.2) is 11.7 Å². The van der Waals surface area contributed by atoms with E-state index in [1.807, 2.05) is 24.3 Å². The molecule has 0 saturated carbocycles. The number of fused-ring (bicyclic) bond motifs is 1. The zero-order valence-electron chi connectivity index (χ0n) is 20.8. The smallest absolute Gasteiger partial charge is 0.416 e. The molecule has 5 rings (SSSR count). The van der Waals surface area contributed by atoms with Gasteiger partial charge in [0.05, 0.1) is 28.6 Å². The lowest BCUT2D eigenvalue weighted by Gasteiger charge is -2.14. The number of alkyl halides is 3. The van der Waals surface area contributed by atoms with Crippen molar-refractivity contribution in [1.29, 1.82) is 5.26 Å². The number of furan rings is 1. The molecule has 1 N–H and O–H groups in total. The second kappa shape index (κ2) is 10.5. The normalized spacial score (nSPS) is 14.0. The summed E-state index contributed by atoms with van der Waals surface area (Å²) in [6.45, 7) is 1.73. The molecule has 0 amide bonds. The first kappa shape index (κ1) is 25.8. The Kier molecular flexibility index (Phi) is 6.94. The molecule has 1 heterocycles. The molecule has 0 atom stereocenters. The minimum Gasteiger partial charge on any atom is -0.453 e. The Morgan fingerprint density at radius 1 is 1.03 bits per heavy atom. The topological polar surface area (TPSA) is 87.6 Å². The molecule has 0 fully saturated rings. The fourth-order valence-electron chi connectivity index (χ4n) is 4.48. The number of anilines is 1. The van der Waals surface area contributed by atoms with Crippen LogP contribution in [0.5, 0.6) is 5.75 Å². The van der Waals surface area contributed by atoms with Crippen molar-refractivity contribution in [2.24, 2.45) is 5.10 Å². The average Bonchev–Trinajstić information content (AvgIpc) is 3.29. The van der Waals surface area contributed by atoms with Crippen molar-refractivity contribution < 1.29 is 27.1 Å². The van der Waals surface area contributed by atoms with E-state index in [2.05, 4.69) is 16.6 Å². The number of aryl methyl sites for hydroxylation is 1. The summed E-state index contributed by atoms with van der Waals surface area (Å²) in [6.07, 6.45) is -2.56. The van der Waals surface area contributed by atoms with Crippen LogP contribution < -0.4 is 10.2 Å². The number of halogens is 3. The summed E-state index contributed by atoms with van der Waals surface area (Å²) in [6, 6.07) is 21.0. The molecule has 1 aromatic heterocycles. The van der Waals surface area contributed by atoms with Gasteiger partial charge in [0.25, 0.3) is 0 Å². The standard InChI is InChI=1S/C30H22F3N3O3/c1-18-27-25(36-35-23-5-2-4-22(16-23)30(31,32)33)6-3-7-26(27)39-28(18)29(37)38-24-14-12-21(13-15-24)20-10-8-19(17-34)9-11-20/h2,4-5,8-16,35H,3,6-7H2,1H3/b36-25+. The number of nitrogens with one attached hydrogen (secondary N) is 1. The van der Waals surface area contributed by atoms with Crippen LogP contribution in [0.25, 0.3) is 11.1 Å². The summed E-state index contributed by atoms with van der Waals surface area (Å²) in [5, 5.41) is 13.3. The highest BCUT2D eigenvalue weighted by Crippen LogP contribution is 2.33. The number of benzene rings is 3. The van der Waals surface area contributed by atoms with Gasteiger partial charge in [-0.1, -0.05) is 30.3 Å². The first-order valence-electron chi connectivity index (χ1n) is 12.2. The molecule has 6 nitrogen and oxygen atoms in total. The van der Waals surface area contributed by atoms with Crippen LogP contribution in [0.4, 0.5) is 18.9 Å². The predicted octanol–water partition coefficient (Wildman–Crippen LogP) is 7.52. The number of hydrogen-bond donors (Lipinski definition) is 1. The maximum atomic E-state index is 13.0. The lowest BCUT2D eigenvalue weighted by Crippen LogP contribution is -2.14. The van der Waals surface area contributed by atoms with Crippen molar-refractivity contribution in [3.8, 4) is 22.9 Å². The third kappa shape index (κ3) is 5.55. The average molecular weight is 530 g/mol. The van der Waals surface area contributed by atoms with Crippen LogP contribution in [0, 0.1) is 18.3 Å². The highest BCUT2D eigenvalue weighted by atomic mass is 19.4. The number of carbonyl (C=O) groups excluding carboxylic acids is 1. The van der Waals surface area contributed by atoms with Gasteiger partial charge in [0.1, 0.15) is 11.5 Å². The van der Waals surface area contributed by atoms with Gasteiger partial charge in [-0.15, -0.1) is 0 Å². The molecule has 1 aliphatic carbocycles. The van der Waals surface area contributed by atoms with Gasteiger partial charge < -0.3 is 9.15 Å². The third-order valence-corrected chi connectivity index (χ3v) is 6.43. The molecule has 0 unspecified atom stereocenters. The van der Waals surface area contributed by atoms with E-state index in [0.717, 1.165) is 23.3 Å². The fraction of sp³-hybridized carbons (Fsp3) is 0.167. The molecule has 0 bridgehead atoms. The Balaban J connectivity index is 1.33. The molecule has 9 heteroatoms. The minimum atomic E-state index is -4.46. The molecule has 39 heavy (non-hydrogen) atoms. The van der Waals surface area contributed by atoms with E-state index in [-0.39, 0.29) is 11.4 Å². The van der Waals surface area contributed by atoms with Crippen LogP contribution in [0.15, 0.2) is 82.3 Å². The lowest BCUT2D eigenvalue weighted by molar-refractivity contribution is -0.137. The minimum absolute atomic E-state index is 0.0600. The number of hydrazone groups is 1. The van der Waals surface area contributed by atoms with Crippen molar-refractivity contribution in [1.82, 2.24) is 0 Å². The van der Waals surface area contributed by atoms with Crippen LogP contribution >= 0.6 is 0 Å². The maximum Gasteiger partial charge on any atom is 0.416 e. The number of carbonyl (C=O) groups is 1. The number of esters is 1. The highest BCUT2D eigenvalue weighted by molar-refractivity contribution is 6.06. The van der Waals surface area contributed by atoms with E-state index >= 15 is 0 Å². The highest BCUT2D eigenvalue weighted by Gasteiger charge is 2.31. The summed E-state index contributed by atoms with van der Waals surface area (Å²) in [4.78, 5) is 13.0. The molecule has 4 aromatic rings. The molecule has 1 aliphatic rings. The van der Waals surface area contributed by atoms with Crippen LogP contribution in [0.3, 0.4) is 0 Å². The fourth-order valence-corrected chi connectivity index (χ4v) is 4.48. The quantitative estimate of drug-likeness (QED) is 0.164. The van der Waals surface area contributed by atoms with E-state index in [1.54, 1.807) is 31.2 Å². The van der Waals surface area contributed by atoms with Crippen molar-refractivity contribution in [2.75, 3.05) is 5.43 Å². The van der Waals surface area contributed by atoms with Crippen LogP contribution in [-0.2, 0) is 12.6 Å². The van der Waals surface area contributed by atoms with Gasteiger partial charge in [0, 0.05) is 17.5 Å². The number of ether oxygens (including phenoxy) is 1. The summed E-state index contributed by atoms with van der Waals surface area (Å²) in [7, 11) is 0. The monoisotopic (exact) mass is 529 g/mol. The molecule has 196 valence electrons. The maximum absolute atomic E-state index is 13.0. The number of hydrogen-bond acceptors (Lipinski definition) is 6. The van der Waals surface area contributed by atoms with E-state index < -0.39 is 17.7 Å². The van der Waals surface area contributed by atoms with Gasteiger partial charge in [-0.05, 0) is 73.4 Å². The molecule has 0 aliphatic heterocycles. The van der Waals surface area contributed by atoms with E-state index in [4.69, 9.17) is 14.4 Å². The Morgan fingerprint density at radius 2 is 1.72 bits per heavy atom. The molecule has 0 spiro atoms. The number of nitriles is 1. The van der Waals surface area contributed by atoms with E-state index in [0.29, 0.717) is 53.2 Å². The Bertz CT molecular complexity index is 1600. The summed E-state index contributed by atoms with van der Waals surface area (Å²) in [5.41, 5.74) is 6.37. The molecule has 0 radical (unpaired) electrons. The van der Waals surface area contributed by atoms with E-state index in [9.17, 15) is 18.0 Å². The van der Waals surface area contributed by atoms with Crippen molar-refractivity contribution in [2.45, 2.75) is 32.4 Å². The first-order chi connectivity index (χ1) is 18.7. The second-order valence-electron chi connectivity index (χ2n) is 9.06.